The lowest BCUT2D eigenvalue weighted by atomic mass is 10.00. The van der Waals surface area contributed by atoms with Gasteiger partial charge in [0.25, 0.3) is 5.56 Å². The second-order valence-corrected chi connectivity index (χ2v) is 6.20. The van der Waals surface area contributed by atoms with Crippen LogP contribution in [0.1, 0.15) is 22.4 Å². The van der Waals surface area contributed by atoms with Crippen molar-refractivity contribution in [2.45, 2.75) is 20.3 Å². The highest BCUT2D eigenvalue weighted by Crippen LogP contribution is 2.21. The number of hydrogen-bond acceptors (Lipinski definition) is 2. The Morgan fingerprint density at radius 1 is 1.10 bits per heavy atom. The molecule has 0 aliphatic carbocycles. The Kier molecular flexibility index (Phi) is 3.64. The van der Waals surface area contributed by atoms with Crippen LogP contribution in [0.3, 0.4) is 0 Å². The number of halogens is 1. The number of fused-ring (bicyclic) bond motifs is 1. The number of hydrogen-bond donors (Lipinski definition) is 1. The smallest absolute Gasteiger partial charge is 0.267 e. The highest BCUT2D eigenvalue weighted by atomic mass is 79.9. The second kappa shape index (κ2) is 5.45. The predicted octanol–water partition coefficient (Wildman–Crippen LogP) is 3.89. The van der Waals surface area contributed by atoms with Crippen LogP contribution >= 0.6 is 15.9 Å². The van der Waals surface area contributed by atoms with E-state index in [4.69, 9.17) is 0 Å². The first-order chi connectivity index (χ1) is 10.0. The van der Waals surface area contributed by atoms with E-state index in [1.165, 1.54) is 5.56 Å². The average molecular weight is 343 g/mol. The quantitative estimate of drug-likeness (QED) is 0.767. The van der Waals surface area contributed by atoms with Gasteiger partial charge in [-0.1, -0.05) is 28.1 Å². The molecule has 0 spiro atoms. The van der Waals surface area contributed by atoms with Crippen molar-refractivity contribution in [2.75, 3.05) is 0 Å². The van der Waals surface area contributed by atoms with Gasteiger partial charge >= 0.3 is 0 Å². The van der Waals surface area contributed by atoms with Gasteiger partial charge in [0.1, 0.15) is 0 Å². The maximum absolute atomic E-state index is 12.0. The molecular formula is C17H15BrN2O. The molecule has 0 aliphatic rings. The number of aromatic amines is 1. The van der Waals surface area contributed by atoms with Crippen LogP contribution in [0.2, 0.25) is 0 Å². The van der Waals surface area contributed by atoms with E-state index in [-0.39, 0.29) is 5.56 Å². The number of nitrogens with zero attached hydrogens (tertiary/aromatic N) is 1. The molecule has 0 atom stereocenters. The van der Waals surface area contributed by atoms with Gasteiger partial charge in [0, 0.05) is 16.3 Å². The Morgan fingerprint density at radius 2 is 1.81 bits per heavy atom. The molecule has 0 unspecified atom stereocenters. The maximum atomic E-state index is 12.0. The summed E-state index contributed by atoms with van der Waals surface area (Å²) in [6.45, 7) is 4.07. The van der Waals surface area contributed by atoms with Gasteiger partial charge < -0.3 is 0 Å². The third-order valence-corrected chi connectivity index (χ3v) is 4.24. The molecule has 0 amide bonds. The molecule has 1 aromatic heterocycles. The van der Waals surface area contributed by atoms with E-state index < -0.39 is 0 Å². The highest BCUT2D eigenvalue weighted by molar-refractivity contribution is 9.10. The summed E-state index contributed by atoms with van der Waals surface area (Å²) in [7, 11) is 0. The summed E-state index contributed by atoms with van der Waals surface area (Å²) < 4.78 is 1.04. The standard InChI is InChI=1S/C17H15BrN2O/c1-10-6-14-15(7-11(10)2)17(21)20-19-16(14)9-12-4-3-5-13(18)8-12/h3-8H,9H2,1-2H3,(H,20,21). The van der Waals surface area contributed by atoms with Crippen LogP contribution in [0.15, 0.2) is 45.7 Å². The third-order valence-electron chi connectivity index (χ3n) is 3.74. The van der Waals surface area contributed by atoms with Crippen LogP contribution in [0.4, 0.5) is 0 Å². The van der Waals surface area contributed by atoms with Crippen LogP contribution in [-0.2, 0) is 6.42 Å². The van der Waals surface area contributed by atoms with E-state index >= 15 is 0 Å². The van der Waals surface area contributed by atoms with Crippen LogP contribution in [0.25, 0.3) is 10.8 Å². The van der Waals surface area contributed by atoms with Crippen LogP contribution in [0.5, 0.6) is 0 Å². The van der Waals surface area contributed by atoms with Gasteiger partial charge in [-0.3, -0.25) is 4.79 Å². The molecule has 1 heterocycles. The van der Waals surface area contributed by atoms with Gasteiger partial charge in [0.2, 0.25) is 0 Å². The largest absolute Gasteiger partial charge is 0.272 e. The lowest BCUT2D eigenvalue weighted by Crippen LogP contribution is -2.12. The molecule has 0 aliphatic heterocycles. The van der Waals surface area contributed by atoms with Crippen molar-refractivity contribution >= 4 is 26.7 Å². The molecule has 3 aromatic rings. The molecule has 2 aromatic carbocycles. The summed E-state index contributed by atoms with van der Waals surface area (Å²) in [6, 6.07) is 12.1. The van der Waals surface area contributed by atoms with Crippen molar-refractivity contribution in [1.82, 2.24) is 10.2 Å². The van der Waals surface area contributed by atoms with E-state index in [1.54, 1.807) is 0 Å². The first kappa shape index (κ1) is 14.0. The number of aryl methyl sites for hydroxylation is 2. The van der Waals surface area contributed by atoms with Crippen molar-refractivity contribution in [3.05, 3.63) is 73.6 Å². The van der Waals surface area contributed by atoms with Gasteiger partial charge in [-0.05, 0) is 54.8 Å². The number of nitrogens with one attached hydrogen (secondary N) is 1. The third kappa shape index (κ3) is 2.76. The minimum atomic E-state index is -0.133. The fourth-order valence-corrected chi connectivity index (χ4v) is 2.90. The predicted molar refractivity (Wildman–Crippen MR) is 88.8 cm³/mol. The lowest BCUT2D eigenvalue weighted by Gasteiger charge is -2.08. The average Bonchev–Trinajstić information content (AvgIpc) is 2.44. The van der Waals surface area contributed by atoms with Crippen molar-refractivity contribution in [3.63, 3.8) is 0 Å². The summed E-state index contributed by atoms with van der Waals surface area (Å²) in [6.07, 6.45) is 0.690. The zero-order chi connectivity index (χ0) is 15.0. The van der Waals surface area contributed by atoms with E-state index in [1.807, 2.05) is 25.1 Å². The number of aromatic nitrogens is 2. The minimum Gasteiger partial charge on any atom is -0.267 e. The van der Waals surface area contributed by atoms with Crippen LogP contribution in [0, 0.1) is 13.8 Å². The Hall–Kier alpha value is -1.94. The van der Waals surface area contributed by atoms with Gasteiger partial charge in [0.15, 0.2) is 0 Å². The van der Waals surface area contributed by atoms with Crippen molar-refractivity contribution in [3.8, 4) is 0 Å². The summed E-state index contributed by atoms with van der Waals surface area (Å²) in [5.74, 6) is 0. The molecule has 0 bridgehead atoms. The van der Waals surface area contributed by atoms with Gasteiger partial charge in [-0.25, -0.2) is 5.10 Å². The molecule has 1 N–H and O–H groups in total. The zero-order valence-electron chi connectivity index (χ0n) is 11.9. The topological polar surface area (TPSA) is 45.8 Å². The summed E-state index contributed by atoms with van der Waals surface area (Å²) in [5, 5.41) is 8.50. The minimum absolute atomic E-state index is 0.133. The lowest BCUT2D eigenvalue weighted by molar-refractivity contribution is 0.933. The molecule has 106 valence electrons. The summed E-state index contributed by atoms with van der Waals surface area (Å²) >= 11 is 3.48. The molecule has 0 saturated carbocycles. The molecular weight excluding hydrogens is 328 g/mol. The SMILES string of the molecule is Cc1cc2c(Cc3cccc(Br)c3)n[nH]c(=O)c2cc1C. The van der Waals surface area contributed by atoms with E-state index in [9.17, 15) is 4.79 Å². The summed E-state index contributed by atoms with van der Waals surface area (Å²) in [5.41, 5.74) is 4.21. The zero-order valence-corrected chi connectivity index (χ0v) is 13.5. The van der Waals surface area contributed by atoms with Crippen molar-refractivity contribution in [2.24, 2.45) is 0 Å². The molecule has 0 fully saturated rings. The Morgan fingerprint density at radius 3 is 2.52 bits per heavy atom. The molecule has 4 heteroatoms. The van der Waals surface area contributed by atoms with Crippen LogP contribution < -0.4 is 5.56 Å². The van der Waals surface area contributed by atoms with E-state index in [0.29, 0.717) is 11.8 Å². The molecule has 21 heavy (non-hydrogen) atoms. The molecule has 3 nitrogen and oxygen atoms in total. The fourth-order valence-electron chi connectivity index (χ4n) is 2.46. The highest BCUT2D eigenvalue weighted by Gasteiger charge is 2.09. The summed E-state index contributed by atoms with van der Waals surface area (Å²) in [4.78, 5) is 12.0. The Labute approximate surface area is 131 Å². The normalized spacial score (nSPS) is 11.0. The fraction of sp³-hybridized carbons (Fsp3) is 0.176. The second-order valence-electron chi connectivity index (χ2n) is 5.29. The molecule has 0 saturated heterocycles. The van der Waals surface area contributed by atoms with Crippen molar-refractivity contribution < 1.29 is 0 Å². The Balaban J connectivity index is 2.17. The van der Waals surface area contributed by atoms with Gasteiger partial charge in [-0.15, -0.1) is 0 Å². The maximum Gasteiger partial charge on any atom is 0.272 e. The first-order valence-electron chi connectivity index (χ1n) is 6.77. The first-order valence-corrected chi connectivity index (χ1v) is 7.57. The van der Waals surface area contributed by atoms with Gasteiger partial charge in [0.05, 0.1) is 11.1 Å². The van der Waals surface area contributed by atoms with E-state index in [0.717, 1.165) is 26.7 Å². The number of rotatable bonds is 2. The van der Waals surface area contributed by atoms with Crippen LogP contribution in [-0.4, -0.2) is 10.2 Å². The molecule has 0 radical (unpaired) electrons. The number of H-pyrrole nitrogens is 1. The van der Waals surface area contributed by atoms with E-state index in [2.05, 4.69) is 51.3 Å². The number of benzene rings is 2. The Bertz CT molecular complexity index is 884. The molecule has 3 rings (SSSR count). The monoisotopic (exact) mass is 342 g/mol. The van der Waals surface area contributed by atoms with Crippen molar-refractivity contribution in [1.29, 1.82) is 0 Å². The van der Waals surface area contributed by atoms with Gasteiger partial charge in [-0.2, -0.15) is 5.10 Å².